The zero-order valence-electron chi connectivity index (χ0n) is 10.7. The highest BCUT2D eigenvalue weighted by molar-refractivity contribution is 5.28. The van der Waals surface area contributed by atoms with Gasteiger partial charge in [-0.25, -0.2) is 13.2 Å². The summed E-state index contributed by atoms with van der Waals surface area (Å²) in [6, 6.07) is 3.47. The summed E-state index contributed by atoms with van der Waals surface area (Å²) < 4.78 is 40.3. The number of benzene rings is 1. The summed E-state index contributed by atoms with van der Waals surface area (Å²) >= 11 is 0. The van der Waals surface area contributed by atoms with Crippen LogP contribution in [0.3, 0.4) is 0 Å². The van der Waals surface area contributed by atoms with Crippen LogP contribution in [0.25, 0.3) is 0 Å². The SMILES string of the molecule is CCC(C#N)(CC)[C@@H](C)c1c(F)cc(F)cc1F. The number of nitrogens with zero attached hydrogens (tertiary/aromatic N) is 1. The van der Waals surface area contributed by atoms with Crippen molar-refractivity contribution in [1.29, 1.82) is 5.26 Å². The zero-order valence-corrected chi connectivity index (χ0v) is 10.7. The second kappa shape index (κ2) is 5.43. The van der Waals surface area contributed by atoms with Gasteiger partial charge in [0.2, 0.25) is 0 Å². The van der Waals surface area contributed by atoms with E-state index in [-0.39, 0.29) is 5.56 Å². The average Bonchev–Trinajstić information content (AvgIpc) is 2.30. The van der Waals surface area contributed by atoms with Crippen LogP contribution in [0.4, 0.5) is 13.2 Å². The van der Waals surface area contributed by atoms with E-state index in [4.69, 9.17) is 0 Å². The molecule has 0 aliphatic rings. The third kappa shape index (κ3) is 2.35. The van der Waals surface area contributed by atoms with Gasteiger partial charge in [-0.2, -0.15) is 5.26 Å². The standard InChI is InChI=1S/C14H16F3N/c1-4-14(5-2,8-18)9(3)13-11(16)6-10(15)7-12(13)17/h6-7,9H,4-5H2,1-3H3/t9-/m0/s1. The van der Waals surface area contributed by atoms with E-state index in [0.29, 0.717) is 25.0 Å². The number of hydrogen-bond donors (Lipinski definition) is 0. The molecule has 4 heteroatoms. The molecular weight excluding hydrogens is 239 g/mol. The smallest absolute Gasteiger partial charge is 0.132 e. The zero-order chi connectivity index (χ0) is 13.9. The van der Waals surface area contributed by atoms with E-state index in [9.17, 15) is 18.4 Å². The minimum atomic E-state index is -0.948. The van der Waals surface area contributed by atoms with Crippen molar-refractivity contribution >= 4 is 0 Å². The molecule has 0 amide bonds. The molecule has 1 rings (SSSR count). The van der Waals surface area contributed by atoms with Gasteiger partial charge in [-0.15, -0.1) is 0 Å². The van der Waals surface area contributed by atoms with Crippen LogP contribution in [0.1, 0.15) is 45.1 Å². The molecule has 0 heterocycles. The van der Waals surface area contributed by atoms with E-state index in [0.717, 1.165) is 0 Å². The minimum absolute atomic E-state index is 0.207. The van der Waals surface area contributed by atoms with Crippen molar-refractivity contribution in [3.8, 4) is 6.07 Å². The van der Waals surface area contributed by atoms with Crippen molar-refractivity contribution in [2.45, 2.75) is 39.5 Å². The van der Waals surface area contributed by atoms with Crippen LogP contribution < -0.4 is 0 Å². The first-order chi connectivity index (χ1) is 8.41. The molecule has 0 bridgehead atoms. The Kier molecular flexibility index (Phi) is 4.39. The average molecular weight is 255 g/mol. The Morgan fingerprint density at radius 1 is 1.17 bits per heavy atom. The Morgan fingerprint density at radius 2 is 1.61 bits per heavy atom. The Hall–Kier alpha value is -1.50. The van der Waals surface area contributed by atoms with Crippen LogP contribution in [0.5, 0.6) is 0 Å². The van der Waals surface area contributed by atoms with Crippen molar-refractivity contribution in [3.05, 3.63) is 35.1 Å². The summed E-state index contributed by atoms with van der Waals surface area (Å²) in [5.41, 5.74) is -1.04. The second-order valence-corrected chi connectivity index (χ2v) is 4.48. The van der Waals surface area contributed by atoms with Crippen molar-refractivity contribution in [3.63, 3.8) is 0 Å². The lowest BCUT2D eigenvalue weighted by Crippen LogP contribution is -2.25. The van der Waals surface area contributed by atoms with Crippen molar-refractivity contribution < 1.29 is 13.2 Å². The van der Waals surface area contributed by atoms with Gasteiger partial charge in [0.05, 0.1) is 11.5 Å². The van der Waals surface area contributed by atoms with Gasteiger partial charge in [0, 0.05) is 23.6 Å². The third-order valence-electron chi connectivity index (χ3n) is 3.79. The second-order valence-electron chi connectivity index (χ2n) is 4.48. The molecule has 1 aromatic rings. The fourth-order valence-corrected chi connectivity index (χ4v) is 2.36. The summed E-state index contributed by atoms with van der Waals surface area (Å²) in [5.74, 6) is -3.43. The van der Waals surface area contributed by atoms with E-state index in [1.165, 1.54) is 0 Å². The van der Waals surface area contributed by atoms with Crippen LogP contribution in [0, 0.1) is 34.2 Å². The lowest BCUT2D eigenvalue weighted by molar-refractivity contribution is 0.291. The van der Waals surface area contributed by atoms with E-state index in [1.54, 1.807) is 6.92 Å². The molecule has 0 aromatic heterocycles. The molecule has 0 aliphatic heterocycles. The van der Waals surface area contributed by atoms with E-state index in [1.807, 2.05) is 13.8 Å². The van der Waals surface area contributed by atoms with Crippen LogP contribution >= 0.6 is 0 Å². The Morgan fingerprint density at radius 3 is 1.94 bits per heavy atom. The Balaban J connectivity index is 3.35. The molecule has 98 valence electrons. The largest absolute Gasteiger partial charge is 0.207 e. The Labute approximate surface area is 105 Å². The summed E-state index contributed by atoms with van der Waals surface area (Å²) in [7, 11) is 0. The number of nitriles is 1. The topological polar surface area (TPSA) is 23.8 Å². The number of halogens is 3. The highest BCUT2D eigenvalue weighted by Gasteiger charge is 2.37. The lowest BCUT2D eigenvalue weighted by atomic mass is 9.70. The first kappa shape index (κ1) is 14.6. The lowest BCUT2D eigenvalue weighted by Gasteiger charge is -2.31. The van der Waals surface area contributed by atoms with Crippen molar-refractivity contribution in [2.75, 3.05) is 0 Å². The molecule has 18 heavy (non-hydrogen) atoms. The van der Waals surface area contributed by atoms with E-state index in [2.05, 4.69) is 6.07 Å². The van der Waals surface area contributed by atoms with E-state index >= 15 is 0 Å². The van der Waals surface area contributed by atoms with Crippen LogP contribution in [0.2, 0.25) is 0 Å². The molecule has 0 saturated heterocycles. The van der Waals surface area contributed by atoms with Crippen molar-refractivity contribution in [1.82, 2.24) is 0 Å². The molecule has 1 atom stereocenters. The van der Waals surface area contributed by atoms with Crippen LogP contribution in [-0.2, 0) is 0 Å². The third-order valence-corrected chi connectivity index (χ3v) is 3.79. The minimum Gasteiger partial charge on any atom is -0.207 e. The predicted octanol–water partition coefficient (Wildman–Crippen LogP) is 4.54. The molecule has 0 spiro atoms. The van der Waals surface area contributed by atoms with Gasteiger partial charge in [0.15, 0.2) is 0 Å². The summed E-state index contributed by atoms with van der Waals surface area (Å²) in [5, 5.41) is 9.28. The normalized spacial score (nSPS) is 13.2. The number of rotatable bonds is 4. The molecule has 0 unspecified atom stereocenters. The fourth-order valence-electron chi connectivity index (χ4n) is 2.36. The molecule has 0 saturated carbocycles. The fraction of sp³-hybridized carbons (Fsp3) is 0.500. The van der Waals surface area contributed by atoms with Gasteiger partial charge in [0.25, 0.3) is 0 Å². The maximum atomic E-state index is 13.7. The van der Waals surface area contributed by atoms with Gasteiger partial charge in [-0.3, -0.25) is 0 Å². The van der Waals surface area contributed by atoms with Crippen LogP contribution in [-0.4, -0.2) is 0 Å². The predicted molar refractivity (Wildman–Crippen MR) is 63.4 cm³/mol. The monoisotopic (exact) mass is 255 g/mol. The Bertz CT molecular complexity index is 449. The molecule has 0 radical (unpaired) electrons. The first-order valence-corrected chi connectivity index (χ1v) is 5.97. The maximum Gasteiger partial charge on any atom is 0.132 e. The maximum absolute atomic E-state index is 13.7. The van der Waals surface area contributed by atoms with Gasteiger partial charge < -0.3 is 0 Å². The molecule has 1 aromatic carbocycles. The van der Waals surface area contributed by atoms with Crippen molar-refractivity contribution in [2.24, 2.45) is 5.41 Å². The summed E-state index contributed by atoms with van der Waals surface area (Å²) in [4.78, 5) is 0. The first-order valence-electron chi connectivity index (χ1n) is 5.97. The van der Waals surface area contributed by atoms with Gasteiger partial charge >= 0.3 is 0 Å². The van der Waals surface area contributed by atoms with Gasteiger partial charge in [0.1, 0.15) is 17.5 Å². The molecule has 0 N–H and O–H groups in total. The quantitative estimate of drug-likeness (QED) is 0.775. The van der Waals surface area contributed by atoms with Crippen LogP contribution in [0.15, 0.2) is 12.1 Å². The molecule has 0 aliphatic carbocycles. The molecule has 1 nitrogen and oxygen atoms in total. The molecule has 0 fully saturated rings. The summed E-state index contributed by atoms with van der Waals surface area (Å²) in [6.07, 6.45) is 0.967. The molecular formula is C14H16F3N. The van der Waals surface area contributed by atoms with Gasteiger partial charge in [-0.1, -0.05) is 20.8 Å². The highest BCUT2D eigenvalue weighted by Crippen LogP contribution is 2.42. The van der Waals surface area contributed by atoms with Gasteiger partial charge in [-0.05, 0) is 12.8 Å². The van der Waals surface area contributed by atoms with E-state index < -0.39 is 28.8 Å². The highest BCUT2D eigenvalue weighted by atomic mass is 19.1. The summed E-state index contributed by atoms with van der Waals surface area (Å²) in [6.45, 7) is 5.22. The number of hydrogen-bond acceptors (Lipinski definition) is 1.